The monoisotopic (exact) mass is 486 g/mol. The van der Waals surface area contributed by atoms with Crippen LogP contribution in [0.4, 0.5) is 10.1 Å². The Morgan fingerprint density at radius 2 is 2.03 bits per heavy atom. The van der Waals surface area contributed by atoms with E-state index in [9.17, 15) is 14.0 Å². The summed E-state index contributed by atoms with van der Waals surface area (Å²) in [5, 5.41) is 2.72. The number of hydrogen-bond donors (Lipinski definition) is 1. The van der Waals surface area contributed by atoms with Crippen molar-refractivity contribution in [1.29, 1.82) is 0 Å². The standard InChI is InChI=1S/C27H23FN4O4/c1-32-23-13-17(4-5-19-14-35-15-19)6-7-24(23)36-16-22(27(32)34)31-26(33)21-12-18(8-10-29-21)11-20-3-2-9-30-25(20)28/h2-3,6-10,12-13,19,22H,11,14-16H2,1H3,(H,31,33)/t22-/m0/s1. The van der Waals surface area contributed by atoms with Crippen molar-refractivity contribution in [3.05, 3.63) is 83.2 Å². The summed E-state index contributed by atoms with van der Waals surface area (Å²) in [6.07, 6.45) is 3.11. The van der Waals surface area contributed by atoms with Crippen LogP contribution in [-0.2, 0) is 16.0 Å². The van der Waals surface area contributed by atoms with Crippen molar-refractivity contribution in [1.82, 2.24) is 15.3 Å². The number of nitrogens with one attached hydrogen (secondary N) is 1. The van der Waals surface area contributed by atoms with Crippen LogP contribution < -0.4 is 15.0 Å². The molecule has 1 aromatic carbocycles. The van der Waals surface area contributed by atoms with E-state index in [1.165, 1.54) is 17.3 Å². The van der Waals surface area contributed by atoms with Crippen molar-refractivity contribution < 1.29 is 23.5 Å². The van der Waals surface area contributed by atoms with Gasteiger partial charge in [0.15, 0.2) is 0 Å². The molecule has 9 heteroatoms. The Kier molecular flexibility index (Phi) is 6.60. The maximum atomic E-state index is 13.9. The van der Waals surface area contributed by atoms with Gasteiger partial charge in [-0.25, -0.2) is 4.98 Å². The Hall–Kier alpha value is -4.29. The third-order valence-electron chi connectivity index (χ3n) is 6.01. The number of aromatic nitrogens is 2. The smallest absolute Gasteiger partial charge is 0.270 e. The number of fused-ring (bicyclic) bond motifs is 1. The number of pyridine rings is 2. The van der Waals surface area contributed by atoms with Crippen LogP contribution in [0.1, 0.15) is 27.2 Å². The molecule has 182 valence electrons. The maximum Gasteiger partial charge on any atom is 0.270 e. The second-order valence-electron chi connectivity index (χ2n) is 8.60. The van der Waals surface area contributed by atoms with Gasteiger partial charge in [0.1, 0.15) is 24.1 Å². The van der Waals surface area contributed by atoms with E-state index in [-0.39, 0.29) is 30.5 Å². The average molecular weight is 487 g/mol. The van der Waals surface area contributed by atoms with Crippen molar-refractivity contribution in [3.8, 4) is 17.6 Å². The Morgan fingerprint density at radius 1 is 1.17 bits per heavy atom. The number of likely N-dealkylation sites (N-methyl/N-ethyl adjacent to an activating group) is 1. The Morgan fingerprint density at radius 3 is 2.81 bits per heavy atom. The lowest BCUT2D eigenvalue weighted by molar-refractivity contribution is -0.120. The molecule has 1 atom stereocenters. The summed E-state index contributed by atoms with van der Waals surface area (Å²) >= 11 is 0. The second kappa shape index (κ2) is 10.1. The summed E-state index contributed by atoms with van der Waals surface area (Å²) in [7, 11) is 1.63. The zero-order valence-corrected chi connectivity index (χ0v) is 19.5. The first-order chi connectivity index (χ1) is 17.5. The van der Waals surface area contributed by atoms with E-state index >= 15 is 0 Å². The number of rotatable bonds is 4. The fraction of sp³-hybridized carbons (Fsp3) is 0.259. The molecule has 0 spiro atoms. The molecule has 0 unspecified atom stereocenters. The van der Waals surface area contributed by atoms with Gasteiger partial charge in [-0.05, 0) is 42.0 Å². The van der Waals surface area contributed by atoms with E-state index in [0.29, 0.717) is 35.8 Å². The lowest BCUT2D eigenvalue weighted by Crippen LogP contribution is -2.49. The van der Waals surface area contributed by atoms with Crippen LogP contribution in [0.2, 0.25) is 0 Å². The predicted octanol–water partition coefficient (Wildman–Crippen LogP) is 2.36. The largest absolute Gasteiger partial charge is 0.489 e. The van der Waals surface area contributed by atoms with E-state index < -0.39 is 17.9 Å². The summed E-state index contributed by atoms with van der Waals surface area (Å²) in [5.41, 5.74) is 2.56. The van der Waals surface area contributed by atoms with Gasteiger partial charge in [0.05, 0.1) is 24.8 Å². The molecule has 1 N–H and O–H groups in total. The third-order valence-corrected chi connectivity index (χ3v) is 6.01. The molecule has 3 aromatic rings. The number of hydrogen-bond acceptors (Lipinski definition) is 6. The minimum atomic E-state index is -0.919. The number of nitrogens with zero attached hydrogens (tertiary/aromatic N) is 3. The number of halogens is 1. The highest BCUT2D eigenvalue weighted by molar-refractivity contribution is 6.03. The van der Waals surface area contributed by atoms with E-state index in [1.807, 2.05) is 6.07 Å². The Bertz CT molecular complexity index is 1380. The molecule has 0 radical (unpaired) electrons. The molecular formula is C27H23FN4O4. The van der Waals surface area contributed by atoms with Crippen LogP contribution in [0.25, 0.3) is 0 Å². The molecular weight excluding hydrogens is 463 g/mol. The molecule has 1 saturated heterocycles. The van der Waals surface area contributed by atoms with Crippen molar-refractivity contribution in [2.75, 3.05) is 31.8 Å². The lowest BCUT2D eigenvalue weighted by atomic mass is 10.1. The molecule has 36 heavy (non-hydrogen) atoms. The quantitative estimate of drug-likeness (QED) is 0.450. The van der Waals surface area contributed by atoms with Gasteiger partial charge in [0.2, 0.25) is 5.95 Å². The molecule has 2 aliphatic rings. The molecule has 2 aliphatic heterocycles. The average Bonchev–Trinajstić information content (AvgIpc) is 2.97. The Labute approximate surface area is 207 Å². The molecule has 0 bridgehead atoms. The summed E-state index contributed by atoms with van der Waals surface area (Å²) in [6.45, 7) is 1.24. The fourth-order valence-electron chi connectivity index (χ4n) is 3.90. The zero-order chi connectivity index (χ0) is 25.1. The van der Waals surface area contributed by atoms with Crippen LogP contribution in [0.5, 0.6) is 5.75 Å². The van der Waals surface area contributed by atoms with Gasteiger partial charge >= 0.3 is 0 Å². The van der Waals surface area contributed by atoms with Gasteiger partial charge < -0.3 is 19.7 Å². The molecule has 2 aromatic heterocycles. The van der Waals surface area contributed by atoms with Gasteiger partial charge in [-0.3, -0.25) is 14.6 Å². The lowest BCUT2D eigenvalue weighted by Gasteiger charge is -2.21. The summed E-state index contributed by atoms with van der Waals surface area (Å²) in [6, 6.07) is 11.0. The van der Waals surface area contributed by atoms with Gasteiger partial charge in [-0.1, -0.05) is 17.9 Å². The minimum Gasteiger partial charge on any atom is -0.489 e. The minimum absolute atomic E-state index is 0.0348. The first kappa shape index (κ1) is 23.5. The van der Waals surface area contributed by atoms with Crippen LogP contribution >= 0.6 is 0 Å². The third kappa shape index (κ3) is 5.04. The summed E-state index contributed by atoms with van der Waals surface area (Å²) in [5.74, 6) is 5.61. The van der Waals surface area contributed by atoms with Gasteiger partial charge in [-0.15, -0.1) is 0 Å². The van der Waals surface area contributed by atoms with E-state index in [2.05, 4.69) is 27.1 Å². The van der Waals surface area contributed by atoms with Crippen molar-refractivity contribution in [2.24, 2.45) is 5.92 Å². The number of benzene rings is 1. The molecule has 8 nitrogen and oxygen atoms in total. The highest BCUT2D eigenvalue weighted by Crippen LogP contribution is 2.31. The van der Waals surface area contributed by atoms with E-state index in [4.69, 9.17) is 9.47 Å². The summed E-state index contributed by atoms with van der Waals surface area (Å²) < 4.78 is 24.9. The fourth-order valence-corrected chi connectivity index (χ4v) is 3.90. The molecule has 0 saturated carbocycles. The van der Waals surface area contributed by atoms with Gasteiger partial charge in [0, 0.05) is 37.0 Å². The Balaban J connectivity index is 1.29. The van der Waals surface area contributed by atoms with Gasteiger partial charge in [0.25, 0.3) is 11.8 Å². The number of carbonyl (C=O) groups is 2. The van der Waals surface area contributed by atoms with Crippen molar-refractivity contribution in [3.63, 3.8) is 0 Å². The zero-order valence-electron chi connectivity index (χ0n) is 19.5. The van der Waals surface area contributed by atoms with Crippen LogP contribution in [-0.4, -0.2) is 54.7 Å². The summed E-state index contributed by atoms with van der Waals surface area (Å²) in [4.78, 5) is 35.3. The first-order valence-electron chi connectivity index (χ1n) is 11.5. The first-order valence-corrected chi connectivity index (χ1v) is 11.5. The maximum absolute atomic E-state index is 13.9. The van der Waals surface area contributed by atoms with Crippen molar-refractivity contribution >= 4 is 17.5 Å². The van der Waals surface area contributed by atoms with Crippen LogP contribution in [0.3, 0.4) is 0 Å². The van der Waals surface area contributed by atoms with Crippen LogP contribution in [0.15, 0.2) is 54.9 Å². The highest BCUT2D eigenvalue weighted by atomic mass is 19.1. The number of carbonyl (C=O) groups excluding carboxylic acids is 2. The normalized spacial score (nSPS) is 17.1. The topological polar surface area (TPSA) is 93.7 Å². The van der Waals surface area contributed by atoms with Crippen LogP contribution in [0, 0.1) is 23.7 Å². The molecule has 2 amide bonds. The SMILES string of the molecule is CN1C(=O)[C@@H](NC(=O)c2cc(Cc3cccnc3F)ccn2)COc2ccc(C#CC3COC3)cc21. The highest BCUT2D eigenvalue weighted by Gasteiger charge is 2.31. The molecule has 5 rings (SSSR count). The van der Waals surface area contributed by atoms with Gasteiger partial charge in [-0.2, -0.15) is 4.39 Å². The van der Waals surface area contributed by atoms with E-state index in [0.717, 1.165) is 5.56 Å². The predicted molar refractivity (Wildman–Crippen MR) is 129 cm³/mol. The number of ether oxygens (including phenoxy) is 2. The number of anilines is 1. The molecule has 1 fully saturated rings. The van der Waals surface area contributed by atoms with Crippen molar-refractivity contribution in [2.45, 2.75) is 12.5 Å². The molecule has 4 heterocycles. The second-order valence-corrected chi connectivity index (χ2v) is 8.60. The van der Waals surface area contributed by atoms with E-state index in [1.54, 1.807) is 43.4 Å². The number of amides is 2. The molecule has 0 aliphatic carbocycles.